The molecule has 0 amide bonds. The highest BCUT2D eigenvalue weighted by Crippen LogP contribution is 2.44. The third-order valence-corrected chi connectivity index (χ3v) is 8.88. The molecule has 7 rings (SSSR count). The van der Waals surface area contributed by atoms with E-state index in [1.807, 2.05) is 18.5 Å². The predicted octanol–water partition coefficient (Wildman–Crippen LogP) is 9.28. The van der Waals surface area contributed by atoms with E-state index in [1.54, 1.807) is 0 Å². The highest BCUT2D eigenvalue weighted by atomic mass is 14.8. The summed E-state index contributed by atoms with van der Waals surface area (Å²) < 4.78 is 0. The molecule has 0 spiro atoms. The molecule has 2 aliphatic heterocycles. The van der Waals surface area contributed by atoms with Gasteiger partial charge in [0.1, 0.15) is 0 Å². The molecule has 4 atom stereocenters. The van der Waals surface area contributed by atoms with Crippen LogP contribution in [0.2, 0.25) is 0 Å². The van der Waals surface area contributed by atoms with Gasteiger partial charge in [-0.05, 0) is 76.5 Å². The number of hydrogen-bond acceptors (Lipinski definition) is 3. The number of rotatable bonds is 6. The van der Waals surface area contributed by atoms with Gasteiger partial charge in [0.15, 0.2) is 0 Å². The standard InChI is InChI=1S/C40H35N3/c1-28-35(33-25-39(30-15-7-3-8-16-30)43-40(26-33)31-17-9-4-10-18-31)23-34(24-36(28)38-19-11-12-22-41-38)37-21-20-32(27-42-37)29-13-5-2-6-14-29/h2-18,20-25,27-28,36,38,40H,19,26H2,1H3. The van der Waals surface area contributed by atoms with Gasteiger partial charge in [0.2, 0.25) is 0 Å². The Balaban J connectivity index is 1.30. The van der Waals surface area contributed by atoms with Gasteiger partial charge in [-0.2, -0.15) is 0 Å². The minimum atomic E-state index is 0.0660. The van der Waals surface area contributed by atoms with Crippen molar-refractivity contribution in [1.82, 2.24) is 4.98 Å². The zero-order valence-electron chi connectivity index (χ0n) is 24.4. The molecular formula is C40H35N3. The van der Waals surface area contributed by atoms with Gasteiger partial charge in [0.25, 0.3) is 0 Å². The Kier molecular flexibility index (Phi) is 7.62. The summed E-state index contributed by atoms with van der Waals surface area (Å²) in [4.78, 5) is 15.2. The lowest BCUT2D eigenvalue weighted by atomic mass is 9.72. The maximum absolute atomic E-state index is 5.27. The first-order chi connectivity index (χ1) is 21.2. The maximum atomic E-state index is 5.27. The molecule has 0 N–H and O–H groups in total. The fraction of sp³-hybridized carbons (Fsp3) is 0.175. The molecule has 3 nitrogen and oxygen atoms in total. The lowest BCUT2D eigenvalue weighted by molar-refractivity contribution is 0.402. The van der Waals surface area contributed by atoms with Gasteiger partial charge in [0, 0.05) is 23.9 Å². The van der Waals surface area contributed by atoms with E-state index in [2.05, 4.69) is 134 Å². The quantitative estimate of drug-likeness (QED) is 0.233. The average Bonchev–Trinajstić information content (AvgIpc) is 3.10. The predicted molar refractivity (Wildman–Crippen MR) is 179 cm³/mol. The van der Waals surface area contributed by atoms with Crippen LogP contribution in [0.25, 0.3) is 16.7 Å². The molecule has 0 radical (unpaired) electrons. The summed E-state index contributed by atoms with van der Waals surface area (Å²) in [5.74, 6) is 0.570. The fourth-order valence-electron chi connectivity index (χ4n) is 6.54. The van der Waals surface area contributed by atoms with E-state index < -0.39 is 0 Å². The summed E-state index contributed by atoms with van der Waals surface area (Å²) in [6.45, 7) is 2.37. The van der Waals surface area contributed by atoms with Crippen molar-refractivity contribution in [3.05, 3.63) is 168 Å². The van der Waals surface area contributed by atoms with E-state index in [-0.39, 0.29) is 18.0 Å². The molecule has 3 aromatic carbocycles. The van der Waals surface area contributed by atoms with Crippen LogP contribution in [0.1, 0.15) is 42.6 Å². The number of aliphatic imine (C=N–C) groups is 2. The molecular weight excluding hydrogens is 522 g/mol. The minimum Gasteiger partial charge on any atom is -0.289 e. The summed E-state index contributed by atoms with van der Waals surface area (Å²) in [5.41, 5.74) is 10.6. The highest BCUT2D eigenvalue weighted by Gasteiger charge is 2.33. The van der Waals surface area contributed by atoms with Crippen LogP contribution in [0.4, 0.5) is 0 Å². The van der Waals surface area contributed by atoms with Crippen LogP contribution >= 0.6 is 0 Å². The molecule has 4 aromatic rings. The second-order valence-electron chi connectivity index (χ2n) is 11.6. The number of pyridine rings is 1. The summed E-state index contributed by atoms with van der Waals surface area (Å²) in [6.07, 6.45) is 17.2. The van der Waals surface area contributed by atoms with E-state index in [1.165, 1.54) is 27.8 Å². The Bertz CT molecular complexity index is 1760. The molecule has 0 bridgehead atoms. The van der Waals surface area contributed by atoms with Gasteiger partial charge in [-0.1, -0.05) is 116 Å². The van der Waals surface area contributed by atoms with Crippen molar-refractivity contribution in [1.29, 1.82) is 0 Å². The van der Waals surface area contributed by atoms with Crippen LogP contribution in [-0.2, 0) is 0 Å². The van der Waals surface area contributed by atoms with Gasteiger partial charge in [-0.3, -0.25) is 15.0 Å². The molecule has 4 unspecified atom stereocenters. The number of nitrogens with zero attached hydrogens (tertiary/aromatic N) is 3. The van der Waals surface area contributed by atoms with Gasteiger partial charge in [-0.25, -0.2) is 0 Å². The van der Waals surface area contributed by atoms with Crippen molar-refractivity contribution in [3.63, 3.8) is 0 Å². The van der Waals surface area contributed by atoms with Crippen LogP contribution < -0.4 is 0 Å². The molecule has 0 fully saturated rings. The lowest BCUT2D eigenvalue weighted by Gasteiger charge is -2.35. The van der Waals surface area contributed by atoms with Crippen LogP contribution in [0.15, 0.2) is 161 Å². The zero-order valence-corrected chi connectivity index (χ0v) is 24.4. The normalized spacial score (nSPS) is 23.2. The molecule has 1 aromatic heterocycles. The maximum Gasteiger partial charge on any atom is 0.0796 e. The third-order valence-electron chi connectivity index (χ3n) is 8.88. The minimum absolute atomic E-state index is 0.0660. The molecule has 210 valence electrons. The summed E-state index contributed by atoms with van der Waals surface area (Å²) in [5, 5.41) is 0. The number of dihydropyridines is 2. The average molecular weight is 558 g/mol. The monoisotopic (exact) mass is 557 g/mol. The van der Waals surface area contributed by atoms with Gasteiger partial charge in [0.05, 0.1) is 23.5 Å². The number of allylic oxidation sites excluding steroid dienone is 5. The SMILES string of the molecule is CC1C(C2=CC(c3ccccc3)=NC(c3ccccc3)C2)=CC(c2ccc(-c3ccccc3)cn2)=CC1C1CC=CC=N1. The van der Waals surface area contributed by atoms with Crippen molar-refractivity contribution in [3.8, 4) is 11.1 Å². The van der Waals surface area contributed by atoms with Crippen LogP contribution in [0.5, 0.6) is 0 Å². The van der Waals surface area contributed by atoms with Crippen molar-refractivity contribution in [2.75, 3.05) is 0 Å². The van der Waals surface area contributed by atoms with Crippen molar-refractivity contribution < 1.29 is 0 Å². The topological polar surface area (TPSA) is 37.6 Å². The van der Waals surface area contributed by atoms with Crippen molar-refractivity contribution in [2.45, 2.75) is 31.8 Å². The third kappa shape index (κ3) is 5.76. The largest absolute Gasteiger partial charge is 0.289 e. The Morgan fingerprint density at radius 1 is 0.721 bits per heavy atom. The van der Waals surface area contributed by atoms with E-state index in [0.717, 1.165) is 35.4 Å². The van der Waals surface area contributed by atoms with Gasteiger partial charge in [-0.15, -0.1) is 0 Å². The van der Waals surface area contributed by atoms with E-state index >= 15 is 0 Å². The first kappa shape index (κ1) is 27.0. The van der Waals surface area contributed by atoms with Crippen LogP contribution in [0.3, 0.4) is 0 Å². The number of hydrogen-bond donors (Lipinski definition) is 0. The second kappa shape index (κ2) is 12.1. The van der Waals surface area contributed by atoms with Crippen LogP contribution in [-0.4, -0.2) is 23.0 Å². The first-order valence-electron chi connectivity index (χ1n) is 15.3. The molecule has 3 heteroatoms. The van der Waals surface area contributed by atoms with Gasteiger partial charge < -0.3 is 0 Å². The lowest BCUT2D eigenvalue weighted by Crippen LogP contribution is -2.29. The molecule has 3 heterocycles. The highest BCUT2D eigenvalue weighted by molar-refractivity contribution is 6.10. The first-order valence-corrected chi connectivity index (χ1v) is 15.3. The molecule has 0 saturated carbocycles. The smallest absolute Gasteiger partial charge is 0.0796 e. The van der Waals surface area contributed by atoms with Gasteiger partial charge >= 0.3 is 0 Å². The van der Waals surface area contributed by atoms with Crippen molar-refractivity contribution >= 4 is 17.5 Å². The fourth-order valence-corrected chi connectivity index (χ4v) is 6.54. The summed E-state index contributed by atoms with van der Waals surface area (Å²) >= 11 is 0. The molecule has 0 saturated heterocycles. The van der Waals surface area contributed by atoms with E-state index in [0.29, 0.717) is 5.92 Å². The summed E-state index contributed by atoms with van der Waals surface area (Å²) in [6, 6.07) is 36.4. The summed E-state index contributed by atoms with van der Waals surface area (Å²) in [7, 11) is 0. The molecule has 43 heavy (non-hydrogen) atoms. The van der Waals surface area contributed by atoms with E-state index in [4.69, 9.17) is 15.0 Å². The van der Waals surface area contributed by atoms with Crippen molar-refractivity contribution in [2.24, 2.45) is 21.8 Å². The Morgan fingerprint density at radius 2 is 1.44 bits per heavy atom. The Morgan fingerprint density at radius 3 is 2.12 bits per heavy atom. The molecule has 3 aliphatic rings. The Labute approximate surface area is 254 Å². The van der Waals surface area contributed by atoms with E-state index in [9.17, 15) is 0 Å². The Hall–Kier alpha value is -4.89. The van der Waals surface area contributed by atoms with Crippen LogP contribution in [0, 0.1) is 11.8 Å². The molecule has 1 aliphatic carbocycles. The number of benzene rings is 3. The zero-order chi connectivity index (χ0) is 29.0. The number of aromatic nitrogens is 1. The second-order valence-corrected chi connectivity index (χ2v) is 11.6.